The summed E-state index contributed by atoms with van der Waals surface area (Å²) in [6, 6.07) is 16.6. The molecule has 0 amide bonds. The number of ether oxygens (including phenoxy) is 1. The number of carbonyl (C=O) groups is 1. The minimum absolute atomic E-state index is 0.0809. The van der Waals surface area contributed by atoms with Gasteiger partial charge < -0.3 is 14.9 Å². The number of nitrogens with zero attached hydrogens (tertiary/aromatic N) is 2. The largest absolute Gasteiger partial charge is 0.469 e. The van der Waals surface area contributed by atoms with Gasteiger partial charge in [0.2, 0.25) is 5.41 Å². The van der Waals surface area contributed by atoms with E-state index in [1.165, 1.54) is 6.26 Å². The molecule has 2 N–H and O–H groups in total. The minimum Gasteiger partial charge on any atom is -0.469 e. The van der Waals surface area contributed by atoms with Crippen molar-refractivity contribution in [3.05, 3.63) is 77.4 Å². The van der Waals surface area contributed by atoms with E-state index in [2.05, 4.69) is 6.07 Å². The van der Waals surface area contributed by atoms with Crippen LogP contribution in [0, 0.1) is 28.1 Å². The summed E-state index contributed by atoms with van der Waals surface area (Å²) in [5.74, 6) is -1.25. The Morgan fingerprint density at radius 1 is 1.26 bits per heavy atom. The maximum atomic E-state index is 12.8. The number of furan rings is 1. The van der Waals surface area contributed by atoms with Gasteiger partial charge >= 0.3 is 5.97 Å². The van der Waals surface area contributed by atoms with Crippen molar-refractivity contribution in [2.45, 2.75) is 12.8 Å². The fraction of sp³-hybridized carbons (Fsp3) is 0.190. The summed E-state index contributed by atoms with van der Waals surface area (Å²) >= 11 is 0. The summed E-state index contributed by atoms with van der Waals surface area (Å²) in [5, 5.41) is 19.7. The second-order valence-electron chi connectivity index (χ2n) is 5.98. The molecule has 0 spiro atoms. The third-order valence-electron chi connectivity index (χ3n) is 4.58. The van der Waals surface area contributed by atoms with Gasteiger partial charge in [0.05, 0.1) is 36.1 Å². The van der Waals surface area contributed by atoms with Crippen LogP contribution in [0.4, 0.5) is 0 Å². The molecule has 3 rings (SSSR count). The molecule has 0 bridgehead atoms. The lowest BCUT2D eigenvalue weighted by atomic mass is 9.66. The number of hydrogen-bond donors (Lipinski definition) is 1. The average molecular weight is 359 g/mol. The molecule has 134 valence electrons. The average Bonchev–Trinajstić information content (AvgIpc) is 3.22. The monoisotopic (exact) mass is 359 g/mol. The van der Waals surface area contributed by atoms with Crippen molar-refractivity contribution in [3.63, 3.8) is 0 Å². The first-order chi connectivity index (χ1) is 13.1. The lowest BCUT2D eigenvalue weighted by Gasteiger charge is -2.35. The van der Waals surface area contributed by atoms with Crippen LogP contribution in [0.25, 0.3) is 5.57 Å². The van der Waals surface area contributed by atoms with Crippen LogP contribution in [0.2, 0.25) is 0 Å². The van der Waals surface area contributed by atoms with Crippen LogP contribution in [0.1, 0.15) is 24.2 Å². The molecule has 0 saturated heterocycles. The molecule has 2 atom stereocenters. The Kier molecular flexibility index (Phi) is 4.83. The van der Waals surface area contributed by atoms with E-state index >= 15 is 0 Å². The molecule has 0 saturated carbocycles. The van der Waals surface area contributed by atoms with Crippen LogP contribution in [-0.4, -0.2) is 12.6 Å². The fourth-order valence-electron chi connectivity index (χ4n) is 3.28. The molecule has 0 fully saturated rings. The molecule has 1 heterocycles. The van der Waals surface area contributed by atoms with Gasteiger partial charge in [0, 0.05) is 0 Å². The van der Waals surface area contributed by atoms with Gasteiger partial charge in [-0.1, -0.05) is 36.4 Å². The van der Waals surface area contributed by atoms with Crippen molar-refractivity contribution in [2.24, 2.45) is 11.1 Å². The van der Waals surface area contributed by atoms with Crippen LogP contribution in [0.15, 0.2) is 70.5 Å². The quantitative estimate of drug-likeness (QED) is 0.838. The van der Waals surface area contributed by atoms with Gasteiger partial charge in [-0.05, 0) is 30.2 Å². The highest BCUT2D eigenvalue weighted by atomic mass is 16.5. The number of esters is 1. The number of nitrogens with two attached hydrogens (primary N) is 1. The zero-order valence-corrected chi connectivity index (χ0v) is 14.7. The van der Waals surface area contributed by atoms with Crippen LogP contribution in [-0.2, 0) is 9.53 Å². The Morgan fingerprint density at radius 3 is 2.56 bits per heavy atom. The van der Waals surface area contributed by atoms with Gasteiger partial charge in [-0.15, -0.1) is 0 Å². The Bertz CT molecular complexity index is 992. The summed E-state index contributed by atoms with van der Waals surface area (Å²) in [4.78, 5) is 12.8. The highest BCUT2D eigenvalue weighted by molar-refractivity contribution is 5.94. The van der Waals surface area contributed by atoms with Crippen LogP contribution < -0.4 is 5.73 Å². The molecular weight excluding hydrogens is 342 g/mol. The number of hydrogen-bond acceptors (Lipinski definition) is 6. The van der Waals surface area contributed by atoms with Crippen LogP contribution in [0.3, 0.4) is 0 Å². The summed E-state index contributed by atoms with van der Waals surface area (Å²) in [7, 11) is 0. The zero-order chi connectivity index (χ0) is 19.4. The molecule has 2 unspecified atom stereocenters. The van der Waals surface area contributed by atoms with E-state index in [-0.39, 0.29) is 17.9 Å². The van der Waals surface area contributed by atoms with E-state index in [0.29, 0.717) is 11.3 Å². The standard InChI is InChI=1S/C21H17N3O3/c1-2-26-20(25)21(13-23)17(18-9-6-10-27-18)11-15(16(12-22)19(21)24)14-7-4-3-5-8-14/h3-11,17H,2,24H2,1H3. The second kappa shape index (κ2) is 7.23. The Hall–Kier alpha value is -3.77. The summed E-state index contributed by atoms with van der Waals surface area (Å²) in [5.41, 5.74) is 5.66. The number of rotatable bonds is 4. The summed E-state index contributed by atoms with van der Waals surface area (Å²) in [6.45, 7) is 1.72. The van der Waals surface area contributed by atoms with E-state index in [4.69, 9.17) is 14.9 Å². The van der Waals surface area contributed by atoms with Gasteiger partial charge in [0.25, 0.3) is 0 Å². The molecule has 1 aliphatic rings. The van der Waals surface area contributed by atoms with E-state index < -0.39 is 17.3 Å². The van der Waals surface area contributed by atoms with E-state index in [1.807, 2.05) is 36.4 Å². The minimum atomic E-state index is -1.88. The Morgan fingerprint density at radius 2 is 2.00 bits per heavy atom. The molecule has 1 aromatic carbocycles. The predicted octanol–water partition coefficient (Wildman–Crippen LogP) is 3.27. The van der Waals surface area contributed by atoms with Gasteiger partial charge in [0.15, 0.2) is 0 Å². The smallest absolute Gasteiger partial charge is 0.333 e. The lowest BCUT2D eigenvalue weighted by Crippen LogP contribution is -2.44. The third kappa shape index (κ3) is 2.78. The SMILES string of the molecule is CCOC(=O)C1(C#N)C(N)=C(C#N)C(c2ccccc2)=CC1c1ccco1. The molecule has 6 nitrogen and oxygen atoms in total. The molecule has 0 radical (unpaired) electrons. The normalized spacial score (nSPS) is 21.7. The van der Waals surface area contributed by atoms with Crippen molar-refractivity contribution >= 4 is 11.5 Å². The molecular formula is C21H17N3O3. The van der Waals surface area contributed by atoms with Crippen molar-refractivity contribution in [2.75, 3.05) is 6.61 Å². The first-order valence-corrected chi connectivity index (χ1v) is 8.40. The molecule has 6 heteroatoms. The molecule has 27 heavy (non-hydrogen) atoms. The number of carbonyl (C=O) groups excluding carboxylic acids is 1. The maximum Gasteiger partial charge on any atom is 0.333 e. The topological polar surface area (TPSA) is 113 Å². The number of nitriles is 2. The van der Waals surface area contributed by atoms with Crippen LogP contribution >= 0.6 is 0 Å². The number of allylic oxidation sites excluding steroid dienone is 3. The summed E-state index contributed by atoms with van der Waals surface area (Å²) < 4.78 is 10.6. The first-order valence-electron chi connectivity index (χ1n) is 8.40. The fourth-order valence-corrected chi connectivity index (χ4v) is 3.28. The summed E-state index contributed by atoms with van der Waals surface area (Å²) in [6.07, 6.45) is 3.14. The van der Waals surface area contributed by atoms with Crippen molar-refractivity contribution in [1.29, 1.82) is 10.5 Å². The molecule has 1 aliphatic carbocycles. The van der Waals surface area contributed by atoms with Crippen LogP contribution in [0.5, 0.6) is 0 Å². The van der Waals surface area contributed by atoms with Gasteiger partial charge in [-0.3, -0.25) is 0 Å². The molecule has 2 aromatic rings. The molecule has 0 aliphatic heterocycles. The Labute approximate surface area is 156 Å². The molecule has 1 aromatic heterocycles. The van der Waals surface area contributed by atoms with E-state index in [0.717, 1.165) is 5.56 Å². The van der Waals surface area contributed by atoms with E-state index in [1.54, 1.807) is 25.1 Å². The Balaban J connectivity index is 2.31. The first kappa shape index (κ1) is 18.0. The van der Waals surface area contributed by atoms with Gasteiger partial charge in [-0.25, -0.2) is 4.79 Å². The van der Waals surface area contributed by atoms with E-state index in [9.17, 15) is 15.3 Å². The zero-order valence-electron chi connectivity index (χ0n) is 14.7. The highest BCUT2D eigenvalue weighted by Crippen LogP contribution is 2.50. The van der Waals surface area contributed by atoms with Gasteiger partial charge in [-0.2, -0.15) is 10.5 Å². The lowest BCUT2D eigenvalue weighted by molar-refractivity contribution is -0.151. The number of benzene rings is 1. The van der Waals surface area contributed by atoms with Gasteiger partial charge in [0.1, 0.15) is 11.8 Å². The second-order valence-corrected chi connectivity index (χ2v) is 5.98. The van der Waals surface area contributed by atoms with Crippen molar-refractivity contribution < 1.29 is 13.9 Å². The highest BCUT2D eigenvalue weighted by Gasteiger charge is 2.55. The third-order valence-corrected chi connectivity index (χ3v) is 4.58. The predicted molar refractivity (Wildman–Crippen MR) is 97.4 cm³/mol. The van der Waals surface area contributed by atoms with Crippen molar-refractivity contribution in [3.8, 4) is 12.1 Å². The maximum absolute atomic E-state index is 12.8. The van der Waals surface area contributed by atoms with Crippen molar-refractivity contribution in [1.82, 2.24) is 0 Å².